The summed E-state index contributed by atoms with van der Waals surface area (Å²) in [6.45, 7) is 6.29. The Balaban J connectivity index is 2.40. The first-order valence-corrected chi connectivity index (χ1v) is 5.70. The summed E-state index contributed by atoms with van der Waals surface area (Å²) in [6.07, 6.45) is 6.23. The van der Waals surface area contributed by atoms with Gasteiger partial charge in [-0.05, 0) is 17.9 Å². The Morgan fingerprint density at radius 1 is 1.21 bits per heavy atom. The van der Waals surface area contributed by atoms with Gasteiger partial charge in [-0.15, -0.1) is 0 Å². The molecule has 0 heterocycles. The van der Waals surface area contributed by atoms with Gasteiger partial charge in [0.1, 0.15) is 0 Å². The maximum absolute atomic E-state index is 4.04. The largest absolute Gasteiger partial charge is 0.0654 e. The third-order valence-electron chi connectivity index (χ3n) is 2.74. The standard InChI is InChI=1S/C14H21/c1-3-5-9-13(4-2)12-14-10-7-6-8-11-14/h6-8,10-11,13H,2-5,9,12H2,1H3. The summed E-state index contributed by atoms with van der Waals surface area (Å²) >= 11 is 0. The highest BCUT2D eigenvalue weighted by Crippen LogP contribution is 2.17. The minimum Gasteiger partial charge on any atom is -0.0654 e. The molecular formula is C14H21. The van der Waals surface area contributed by atoms with Crippen molar-refractivity contribution >= 4 is 0 Å². The van der Waals surface area contributed by atoms with Gasteiger partial charge in [-0.1, -0.05) is 69.9 Å². The van der Waals surface area contributed by atoms with Crippen molar-refractivity contribution in [1.82, 2.24) is 0 Å². The number of unbranched alkanes of at least 4 members (excludes halogenated alkanes) is 1. The molecule has 0 aliphatic heterocycles. The van der Waals surface area contributed by atoms with Crippen molar-refractivity contribution in [3.63, 3.8) is 0 Å². The molecule has 0 spiro atoms. The molecule has 1 aromatic rings. The Morgan fingerprint density at radius 2 is 1.93 bits per heavy atom. The van der Waals surface area contributed by atoms with Crippen LogP contribution in [0.3, 0.4) is 0 Å². The molecule has 0 saturated carbocycles. The van der Waals surface area contributed by atoms with Gasteiger partial charge in [-0.25, -0.2) is 0 Å². The molecule has 0 aliphatic carbocycles. The average Bonchev–Trinajstić information content (AvgIpc) is 2.25. The Labute approximate surface area is 88.4 Å². The van der Waals surface area contributed by atoms with Gasteiger partial charge in [0, 0.05) is 0 Å². The van der Waals surface area contributed by atoms with Gasteiger partial charge in [0.25, 0.3) is 0 Å². The first-order valence-electron chi connectivity index (χ1n) is 5.70. The van der Waals surface area contributed by atoms with Crippen molar-refractivity contribution in [2.75, 3.05) is 0 Å². The van der Waals surface area contributed by atoms with E-state index in [0.29, 0.717) is 0 Å². The summed E-state index contributed by atoms with van der Waals surface area (Å²) in [4.78, 5) is 0. The zero-order valence-corrected chi connectivity index (χ0v) is 9.21. The van der Waals surface area contributed by atoms with Crippen LogP contribution in [-0.2, 0) is 6.42 Å². The maximum atomic E-state index is 4.04. The molecule has 1 aromatic carbocycles. The van der Waals surface area contributed by atoms with Gasteiger partial charge in [0.2, 0.25) is 0 Å². The van der Waals surface area contributed by atoms with Crippen molar-refractivity contribution in [2.45, 2.75) is 39.0 Å². The molecule has 0 fully saturated rings. The highest BCUT2D eigenvalue weighted by molar-refractivity contribution is 5.15. The summed E-state index contributed by atoms with van der Waals surface area (Å²) in [5, 5.41) is 0. The van der Waals surface area contributed by atoms with Crippen molar-refractivity contribution in [3.8, 4) is 0 Å². The predicted molar refractivity (Wildman–Crippen MR) is 63.1 cm³/mol. The summed E-state index contributed by atoms with van der Waals surface area (Å²) < 4.78 is 0. The quantitative estimate of drug-likeness (QED) is 0.627. The lowest BCUT2D eigenvalue weighted by molar-refractivity contribution is 0.466. The van der Waals surface area contributed by atoms with E-state index in [9.17, 15) is 0 Å². The van der Waals surface area contributed by atoms with E-state index in [-0.39, 0.29) is 0 Å². The van der Waals surface area contributed by atoms with Gasteiger partial charge >= 0.3 is 0 Å². The molecular weight excluding hydrogens is 168 g/mol. The first kappa shape index (κ1) is 11.3. The molecule has 0 aromatic heterocycles. The van der Waals surface area contributed by atoms with E-state index < -0.39 is 0 Å². The minimum atomic E-state index is 0.775. The van der Waals surface area contributed by atoms with E-state index in [1.54, 1.807) is 0 Å². The molecule has 0 amide bonds. The first-order chi connectivity index (χ1) is 6.86. The van der Waals surface area contributed by atoms with Crippen LogP contribution in [0.1, 0.15) is 38.2 Å². The van der Waals surface area contributed by atoms with Crippen LogP contribution in [0.5, 0.6) is 0 Å². The van der Waals surface area contributed by atoms with Crippen molar-refractivity contribution < 1.29 is 0 Å². The van der Waals surface area contributed by atoms with Gasteiger partial charge in [-0.3, -0.25) is 0 Å². The lowest BCUT2D eigenvalue weighted by atomic mass is 9.92. The molecule has 77 valence electrons. The normalized spacial score (nSPS) is 12.7. The van der Waals surface area contributed by atoms with E-state index in [0.717, 1.165) is 12.3 Å². The number of hydrogen-bond acceptors (Lipinski definition) is 0. The second-order valence-corrected chi connectivity index (χ2v) is 3.99. The summed E-state index contributed by atoms with van der Waals surface area (Å²) in [5.74, 6) is 0.775. The molecule has 1 rings (SSSR count). The molecule has 1 radical (unpaired) electrons. The number of hydrogen-bond donors (Lipinski definition) is 0. The predicted octanol–water partition coefficient (Wildman–Crippen LogP) is 4.26. The fourth-order valence-electron chi connectivity index (χ4n) is 1.79. The van der Waals surface area contributed by atoms with E-state index in [1.165, 1.54) is 31.2 Å². The van der Waals surface area contributed by atoms with E-state index in [4.69, 9.17) is 0 Å². The molecule has 14 heavy (non-hydrogen) atoms. The van der Waals surface area contributed by atoms with E-state index >= 15 is 0 Å². The molecule has 0 nitrogen and oxygen atoms in total. The highest BCUT2D eigenvalue weighted by Gasteiger charge is 2.06. The Kier molecular flexibility index (Phi) is 5.36. The van der Waals surface area contributed by atoms with Gasteiger partial charge in [0.15, 0.2) is 0 Å². The van der Waals surface area contributed by atoms with Crippen LogP contribution in [0.25, 0.3) is 0 Å². The fraction of sp³-hybridized carbons (Fsp3) is 0.500. The molecule has 0 bridgehead atoms. The van der Waals surface area contributed by atoms with Gasteiger partial charge in [-0.2, -0.15) is 0 Å². The number of benzene rings is 1. The van der Waals surface area contributed by atoms with Crippen LogP contribution in [0, 0.1) is 12.8 Å². The van der Waals surface area contributed by atoms with Crippen LogP contribution < -0.4 is 0 Å². The molecule has 0 heteroatoms. The van der Waals surface area contributed by atoms with Crippen LogP contribution in [-0.4, -0.2) is 0 Å². The van der Waals surface area contributed by atoms with Crippen molar-refractivity contribution in [1.29, 1.82) is 0 Å². The zero-order valence-electron chi connectivity index (χ0n) is 9.21. The average molecular weight is 189 g/mol. The SMILES string of the molecule is [CH2]CC(CCCC)Cc1ccccc1. The molecule has 0 saturated heterocycles. The van der Waals surface area contributed by atoms with Gasteiger partial charge in [0.05, 0.1) is 0 Å². The van der Waals surface area contributed by atoms with Crippen LogP contribution in [0.2, 0.25) is 0 Å². The third kappa shape index (κ3) is 3.95. The number of rotatable bonds is 6. The summed E-state index contributed by atoms with van der Waals surface area (Å²) in [5.41, 5.74) is 1.46. The highest BCUT2D eigenvalue weighted by atomic mass is 14.1. The van der Waals surface area contributed by atoms with Gasteiger partial charge < -0.3 is 0 Å². The van der Waals surface area contributed by atoms with Crippen LogP contribution in [0.15, 0.2) is 30.3 Å². The van der Waals surface area contributed by atoms with Crippen LogP contribution >= 0.6 is 0 Å². The molecule has 0 aliphatic rings. The molecule has 0 N–H and O–H groups in total. The molecule has 1 atom stereocenters. The van der Waals surface area contributed by atoms with Crippen molar-refractivity contribution in [3.05, 3.63) is 42.8 Å². The smallest absolute Gasteiger partial charge is 0.0250 e. The summed E-state index contributed by atoms with van der Waals surface area (Å²) in [7, 11) is 0. The minimum absolute atomic E-state index is 0.775. The Morgan fingerprint density at radius 3 is 2.50 bits per heavy atom. The third-order valence-corrected chi connectivity index (χ3v) is 2.74. The maximum Gasteiger partial charge on any atom is -0.0250 e. The fourth-order valence-corrected chi connectivity index (χ4v) is 1.79. The second-order valence-electron chi connectivity index (χ2n) is 3.99. The van der Waals surface area contributed by atoms with E-state index in [1.807, 2.05) is 0 Å². The topological polar surface area (TPSA) is 0 Å². The van der Waals surface area contributed by atoms with Crippen LogP contribution in [0.4, 0.5) is 0 Å². The monoisotopic (exact) mass is 189 g/mol. The van der Waals surface area contributed by atoms with Crippen molar-refractivity contribution in [2.24, 2.45) is 5.92 Å². The Bertz CT molecular complexity index is 225. The lowest BCUT2D eigenvalue weighted by Gasteiger charge is -2.13. The lowest BCUT2D eigenvalue weighted by Crippen LogP contribution is -2.03. The second kappa shape index (κ2) is 6.64. The summed E-state index contributed by atoms with van der Waals surface area (Å²) in [6, 6.07) is 10.8. The van der Waals surface area contributed by atoms with E-state index in [2.05, 4.69) is 44.2 Å². The zero-order chi connectivity index (χ0) is 10.2. The Hall–Kier alpha value is -0.780. The molecule has 1 unspecified atom stereocenters.